The maximum Gasteiger partial charge on any atom is 0.283 e. The average molecular weight is 212 g/mol. The van der Waals surface area contributed by atoms with Crippen molar-refractivity contribution in [1.29, 1.82) is 0 Å². The second-order valence-corrected chi connectivity index (χ2v) is 8.09. The van der Waals surface area contributed by atoms with E-state index >= 15 is 0 Å². The Labute approximate surface area is 85.4 Å². The van der Waals surface area contributed by atoms with Crippen LogP contribution in [0.5, 0.6) is 0 Å². The molecule has 0 saturated carbocycles. The van der Waals surface area contributed by atoms with Crippen LogP contribution >= 0.6 is 11.1 Å². The smallest absolute Gasteiger partial charge is 0.283 e. The molecule has 0 aliphatic heterocycles. The summed E-state index contributed by atoms with van der Waals surface area (Å²) in [5, 5.41) is 1.18. The van der Waals surface area contributed by atoms with Crippen molar-refractivity contribution in [2.24, 2.45) is 0 Å². The van der Waals surface area contributed by atoms with Crippen LogP contribution in [-0.2, 0) is 0 Å². The predicted molar refractivity (Wildman–Crippen MR) is 61.6 cm³/mol. The summed E-state index contributed by atoms with van der Waals surface area (Å²) in [6.07, 6.45) is 0. The molecule has 0 fully saturated rings. The molecule has 0 aromatic heterocycles. The van der Waals surface area contributed by atoms with Crippen LogP contribution in [0.2, 0.25) is 0 Å². The minimum Gasteiger partial charge on any atom is -0.311 e. The van der Waals surface area contributed by atoms with Crippen molar-refractivity contribution in [1.82, 2.24) is 4.57 Å². The third-order valence-corrected chi connectivity index (χ3v) is 7.22. The lowest BCUT2D eigenvalue weighted by molar-refractivity contribution is 0.650. The number of hydrogen-bond donors (Lipinski definition) is 0. The minimum absolute atomic E-state index is 1.18. The highest BCUT2D eigenvalue weighted by Crippen LogP contribution is 2.12. The molecule has 0 aliphatic rings. The molecule has 70 valence electrons. The van der Waals surface area contributed by atoms with Gasteiger partial charge in [-0.05, 0) is 19.3 Å². The summed E-state index contributed by atoms with van der Waals surface area (Å²) in [4.78, 5) is 0. The van der Waals surface area contributed by atoms with Crippen LogP contribution in [0.3, 0.4) is 0 Å². The highest BCUT2D eigenvalue weighted by atomic mass is 35.6. The Morgan fingerprint density at radius 1 is 1.31 bits per heavy atom. The minimum atomic E-state index is -2.11. The zero-order valence-electron chi connectivity index (χ0n) is 8.00. The molecule has 1 aromatic rings. The van der Waals surface area contributed by atoms with Gasteiger partial charge in [0.25, 0.3) is 7.55 Å². The first kappa shape index (κ1) is 10.5. The lowest BCUT2D eigenvalue weighted by atomic mass is 10.4. The Balaban J connectivity index is 3.10. The summed E-state index contributed by atoms with van der Waals surface area (Å²) in [7, 11) is 1.88. The Kier molecular flexibility index (Phi) is 3.31. The van der Waals surface area contributed by atoms with Gasteiger partial charge < -0.3 is 4.57 Å². The maximum absolute atomic E-state index is 6.53. The van der Waals surface area contributed by atoms with Gasteiger partial charge in [-0.1, -0.05) is 36.0 Å². The van der Waals surface area contributed by atoms with Crippen LogP contribution in [0.1, 0.15) is 0 Å². The van der Waals surface area contributed by atoms with Crippen molar-refractivity contribution < 1.29 is 0 Å². The molecule has 0 amide bonds. The molecule has 1 atom stereocenters. The zero-order chi connectivity index (χ0) is 9.90. The van der Waals surface area contributed by atoms with E-state index in [1.54, 1.807) is 0 Å². The van der Waals surface area contributed by atoms with Crippen molar-refractivity contribution in [3.63, 3.8) is 0 Å². The van der Waals surface area contributed by atoms with Crippen LogP contribution < -0.4 is 5.19 Å². The van der Waals surface area contributed by atoms with Crippen LogP contribution in [0.25, 0.3) is 0 Å². The standard InChI is InChI=1S/C10H14ClNSi/c1-4-13(11,12(2)3)10-8-6-5-7-9-10/h4-9H,1H2,2-3H3. The molecule has 0 radical (unpaired) electrons. The number of nitrogens with zero attached hydrogens (tertiary/aromatic N) is 1. The van der Waals surface area contributed by atoms with E-state index in [0.717, 1.165) is 0 Å². The summed E-state index contributed by atoms with van der Waals surface area (Å²) in [6.45, 7) is 3.82. The first-order valence-electron chi connectivity index (χ1n) is 4.16. The predicted octanol–water partition coefficient (Wildman–Crippen LogP) is 1.86. The fourth-order valence-corrected chi connectivity index (χ4v) is 3.39. The second kappa shape index (κ2) is 4.09. The van der Waals surface area contributed by atoms with Gasteiger partial charge in [-0.15, -0.1) is 17.7 Å². The number of rotatable bonds is 3. The maximum atomic E-state index is 6.53. The van der Waals surface area contributed by atoms with E-state index in [1.807, 2.05) is 38.0 Å². The van der Waals surface area contributed by atoms with Crippen molar-refractivity contribution in [3.05, 3.63) is 42.6 Å². The van der Waals surface area contributed by atoms with E-state index in [9.17, 15) is 0 Å². The van der Waals surface area contributed by atoms with Gasteiger partial charge >= 0.3 is 0 Å². The second-order valence-electron chi connectivity index (χ2n) is 3.14. The van der Waals surface area contributed by atoms with Crippen molar-refractivity contribution in [3.8, 4) is 0 Å². The summed E-state index contributed by atoms with van der Waals surface area (Å²) >= 11 is 6.53. The largest absolute Gasteiger partial charge is 0.311 e. The van der Waals surface area contributed by atoms with E-state index < -0.39 is 7.55 Å². The van der Waals surface area contributed by atoms with Crippen molar-refractivity contribution >= 4 is 23.8 Å². The molecule has 1 aromatic carbocycles. The van der Waals surface area contributed by atoms with E-state index in [2.05, 4.69) is 23.3 Å². The van der Waals surface area contributed by atoms with Crippen molar-refractivity contribution in [2.45, 2.75) is 0 Å². The van der Waals surface area contributed by atoms with Gasteiger partial charge in [-0.2, -0.15) is 0 Å². The lowest BCUT2D eigenvalue weighted by Crippen LogP contribution is -2.53. The molecule has 3 heteroatoms. The Morgan fingerprint density at radius 3 is 2.23 bits per heavy atom. The fourth-order valence-electron chi connectivity index (χ4n) is 1.23. The lowest BCUT2D eigenvalue weighted by Gasteiger charge is -2.28. The third-order valence-electron chi connectivity index (χ3n) is 2.10. The fraction of sp³-hybridized carbons (Fsp3) is 0.200. The third kappa shape index (κ3) is 2.02. The zero-order valence-corrected chi connectivity index (χ0v) is 9.75. The Morgan fingerprint density at radius 2 is 1.85 bits per heavy atom. The van der Waals surface area contributed by atoms with Gasteiger partial charge in [0.2, 0.25) is 0 Å². The molecule has 0 spiro atoms. The highest BCUT2D eigenvalue weighted by Gasteiger charge is 2.32. The normalized spacial score (nSPS) is 15.4. The molecule has 1 rings (SSSR count). The number of hydrogen-bond acceptors (Lipinski definition) is 1. The Hall–Kier alpha value is -0.573. The van der Waals surface area contributed by atoms with Gasteiger partial charge in [-0.25, -0.2) is 0 Å². The van der Waals surface area contributed by atoms with E-state index in [0.29, 0.717) is 0 Å². The average Bonchev–Trinajstić information content (AvgIpc) is 2.17. The molecule has 0 aliphatic carbocycles. The molecule has 1 nitrogen and oxygen atoms in total. The molecule has 1 unspecified atom stereocenters. The molecule has 13 heavy (non-hydrogen) atoms. The van der Waals surface area contributed by atoms with Gasteiger partial charge in [0, 0.05) is 0 Å². The number of benzene rings is 1. The van der Waals surface area contributed by atoms with Crippen molar-refractivity contribution in [2.75, 3.05) is 14.1 Å². The summed E-state index contributed by atoms with van der Waals surface area (Å²) < 4.78 is 2.07. The monoisotopic (exact) mass is 211 g/mol. The number of halogens is 1. The van der Waals surface area contributed by atoms with Crippen LogP contribution in [0, 0.1) is 0 Å². The van der Waals surface area contributed by atoms with E-state index in [1.165, 1.54) is 5.19 Å². The van der Waals surface area contributed by atoms with Gasteiger partial charge in [0.15, 0.2) is 0 Å². The quantitative estimate of drug-likeness (QED) is 0.545. The first-order chi connectivity index (χ1) is 6.11. The molecule has 0 saturated heterocycles. The summed E-state index contributed by atoms with van der Waals surface area (Å²) in [5.74, 6) is 0. The van der Waals surface area contributed by atoms with Crippen LogP contribution in [0.4, 0.5) is 0 Å². The summed E-state index contributed by atoms with van der Waals surface area (Å²) in [6, 6.07) is 10.1. The van der Waals surface area contributed by atoms with Gasteiger partial charge in [-0.3, -0.25) is 0 Å². The highest BCUT2D eigenvalue weighted by molar-refractivity contribution is 7.28. The van der Waals surface area contributed by atoms with Gasteiger partial charge in [0.05, 0.1) is 0 Å². The molecule has 0 N–H and O–H groups in total. The van der Waals surface area contributed by atoms with Crippen LogP contribution in [-0.4, -0.2) is 26.2 Å². The first-order valence-corrected chi connectivity index (χ1v) is 7.20. The van der Waals surface area contributed by atoms with Gasteiger partial charge in [0.1, 0.15) is 0 Å². The Bertz CT molecular complexity index is 286. The molecular weight excluding hydrogens is 198 g/mol. The topological polar surface area (TPSA) is 3.24 Å². The summed E-state index contributed by atoms with van der Waals surface area (Å²) in [5.41, 5.74) is 1.88. The molecular formula is C10H14ClNSi. The molecule has 0 heterocycles. The molecule has 0 bridgehead atoms. The van der Waals surface area contributed by atoms with E-state index in [4.69, 9.17) is 11.1 Å². The van der Waals surface area contributed by atoms with Crippen LogP contribution in [0.15, 0.2) is 42.6 Å². The SMILES string of the molecule is C=C[Si](Cl)(c1ccccc1)N(C)C. The van der Waals surface area contributed by atoms with E-state index in [-0.39, 0.29) is 0 Å².